The topological polar surface area (TPSA) is 114 Å². The summed E-state index contributed by atoms with van der Waals surface area (Å²) in [5, 5.41) is 4.40. The summed E-state index contributed by atoms with van der Waals surface area (Å²) >= 11 is 1.20. The van der Waals surface area contributed by atoms with E-state index >= 15 is 0 Å². The van der Waals surface area contributed by atoms with Gasteiger partial charge in [-0.25, -0.2) is 4.79 Å². The molecule has 0 aliphatic carbocycles. The molecule has 0 radical (unpaired) electrons. The van der Waals surface area contributed by atoms with Crippen LogP contribution in [0.5, 0.6) is 17.2 Å². The molecule has 0 spiro atoms. The SMILES string of the molecule is CCOC(=O)c1ccc(-c2ccc(C=c3sc4nc(-c5cc(OC)c(OC)c(OC)c5)nn4c3=O)o2)cc1. The lowest BCUT2D eigenvalue weighted by Crippen LogP contribution is -2.23. The van der Waals surface area contributed by atoms with E-state index in [1.807, 2.05) is 0 Å². The Bertz CT molecular complexity index is 1710. The molecular formula is C27H23N3O7S. The van der Waals surface area contributed by atoms with Crippen LogP contribution in [0, 0.1) is 0 Å². The third-order valence-corrected chi connectivity index (χ3v) is 6.64. The summed E-state index contributed by atoms with van der Waals surface area (Å²) in [6, 6.07) is 13.9. The first kappa shape index (κ1) is 25.0. The van der Waals surface area contributed by atoms with Crippen LogP contribution < -0.4 is 24.3 Å². The number of hydrogen-bond acceptors (Lipinski definition) is 10. The van der Waals surface area contributed by atoms with Crippen LogP contribution >= 0.6 is 11.3 Å². The number of hydrogen-bond donors (Lipinski definition) is 0. The Balaban J connectivity index is 1.44. The second-order valence-corrected chi connectivity index (χ2v) is 8.97. The number of carbonyl (C=O) groups excluding carboxylic acids is 1. The highest BCUT2D eigenvalue weighted by molar-refractivity contribution is 7.15. The number of fused-ring (bicyclic) bond motifs is 1. The van der Waals surface area contributed by atoms with Gasteiger partial charge in [0, 0.05) is 17.2 Å². The van der Waals surface area contributed by atoms with Crippen LogP contribution in [-0.2, 0) is 4.74 Å². The third kappa shape index (κ3) is 4.59. The number of methoxy groups -OCH3 is 3. The maximum Gasteiger partial charge on any atom is 0.338 e. The number of furan rings is 1. The van der Waals surface area contributed by atoms with Crippen LogP contribution in [0.25, 0.3) is 33.7 Å². The minimum Gasteiger partial charge on any atom is -0.493 e. The summed E-state index contributed by atoms with van der Waals surface area (Å²) in [6.45, 7) is 2.07. The summed E-state index contributed by atoms with van der Waals surface area (Å²) in [5.74, 6) is 2.45. The number of carbonyl (C=O) groups is 1. The van der Waals surface area contributed by atoms with Crippen LogP contribution in [-0.4, -0.2) is 48.5 Å². The first-order valence-corrected chi connectivity index (χ1v) is 12.4. The Morgan fingerprint density at radius 2 is 1.71 bits per heavy atom. The maximum atomic E-state index is 13.0. The van der Waals surface area contributed by atoms with Gasteiger partial charge in [0.05, 0.1) is 33.5 Å². The third-order valence-electron chi connectivity index (χ3n) is 5.69. The first-order chi connectivity index (χ1) is 18.4. The van der Waals surface area contributed by atoms with E-state index in [0.29, 0.717) is 61.8 Å². The van der Waals surface area contributed by atoms with E-state index in [4.69, 9.17) is 23.4 Å². The normalized spacial score (nSPS) is 11.6. The molecule has 5 rings (SSSR count). The highest BCUT2D eigenvalue weighted by Crippen LogP contribution is 2.40. The van der Waals surface area contributed by atoms with E-state index in [-0.39, 0.29) is 11.5 Å². The molecule has 5 aromatic rings. The summed E-state index contributed by atoms with van der Waals surface area (Å²) in [7, 11) is 4.57. The summed E-state index contributed by atoms with van der Waals surface area (Å²) in [5.41, 5.74) is 1.56. The molecule has 0 saturated heterocycles. The van der Waals surface area contributed by atoms with Crippen molar-refractivity contribution in [2.24, 2.45) is 0 Å². The van der Waals surface area contributed by atoms with Crippen LogP contribution in [0.3, 0.4) is 0 Å². The molecule has 3 aromatic heterocycles. The van der Waals surface area contributed by atoms with Gasteiger partial charge in [-0.15, -0.1) is 5.10 Å². The second-order valence-electron chi connectivity index (χ2n) is 7.96. The molecular weight excluding hydrogens is 510 g/mol. The molecule has 194 valence electrons. The van der Waals surface area contributed by atoms with Crippen molar-refractivity contribution in [3.63, 3.8) is 0 Å². The van der Waals surface area contributed by atoms with Gasteiger partial charge in [0.15, 0.2) is 17.3 Å². The van der Waals surface area contributed by atoms with Crippen LogP contribution in [0.4, 0.5) is 0 Å². The van der Waals surface area contributed by atoms with Crippen molar-refractivity contribution in [3.05, 3.63) is 74.7 Å². The van der Waals surface area contributed by atoms with E-state index in [1.54, 1.807) is 61.5 Å². The van der Waals surface area contributed by atoms with Gasteiger partial charge in [-0.2, -0.15) is 9.50 Å². The van der Waals surface area contributed by atoms with Crippen molar-refractivity contribution < 1.29 is 28.2 Å². The number of ether oxygens (including phenoxy) is 4. The second kappa shape index (κ2) is 10.4. The number of rotatable bonds is 8. The van der Waals surface area contributed by atoms with Crippen molar-refractivity contribution in [2.45, 2.75) is 6.92 Å². The van der Waals surface area contributed by atoms with Crippen molar-refractivity contribution in [1.82, 2.24) is 14.6 Å². The highest BCUT2D eigenvalue weighted by Gasteiger charge is 2.18. The molecule has 0 atom stereocenters. The van der Waals surface area contributed by atoms with E-state index < -0.39 is 0 Å². The minimum absolute atomic E-state index is 0.312. The standard InChI is InChI=1S/C27H23N3O7S/c1-5-36-26(32)16-8-6-15(7-9-16)19-11-10-18(37-19)14-22-25(31)30-27(38-22)28-24(29-30)17-12-20(33-2)23(35-4)21(13-17)34-3/h6-14H,5H2,1-4H3. The molecule has 11 heteroatoms. The average molecular weight is 534 g/mol. The fourth-order valence-corrected chi connectivity index (χ4v) is 4.75. The molecule has 0 unspecified atom stereocenters. The van der Waals surface area contributed by atoms with E-state index in [2.05, 4.69) is 10.1 Å². The molecule has 0 N–H and O–H groups in total. The van der Waals surface area contributed by atoms with E-state index in [0.717, 1.165) is 5.56 Å². The molecule has 0 saturated carbocycles. The van der Waals surface area contributed by atoms with Crippen molar-refractivity contribution in [2.75, 3.05) is 27.9 Å². The fourth-order valence-electron chi connectivity index (χ4n) is 3.87. The maximum absolute atomic E-state index is 13.0. The molecule has 0 amide bonds. The minimum atomic E-state index is -0.375. The predicted molar refractivity (Wildman–Crippen MR) is 141 cm³/mol. The summed E-state index contributed by atoms with van der Waals surface area (Å²) < 4.78 is 28.8. The van der Waals surface area contributed by atoms with Gasteiger partial charge >= 0.3 is 5.97 Å². The number of esters is 1. The molecule has 2 aromatic carbocycles. The lowest BCUT2D eigenvalue weighted by Gasteiger charge is -2.12. The van der Waals surface area contributed by atoms with Gasteiger partial charge in [-0.1, -0.05) is 23.5 Å². The van der Waals surface area contributed by atoms with Crippen LogP contribution in [0.1, 0.15) is 23.0 Å². The molecule has 0 bridgehead atoms. The van der Waals surface area contributed by atoms with E-state index in [1.165, 1.54) is 37.2 Å². The van der Waals surface area contributed by atoms with Gasteiger partial charge in [-0.3, -0.25) is 4.79 Å². The quantitative estimate of drug-likeness (QED) is 0.275. The largest absolute Gasteiger partial charge is 0.493 e. The number of thiazole rings is 1. The summed E-state index contributed by atoms with van der Waals surface area (Å²) in [6.07, 6.45) is 1.65. The van der Waals surface area contributed by atoms with Gasteiger partial charge in [-0.05, 0) is 43.3 Å². The van der Waals surface area contributed by atoms with Gasteiger partial charge < -0.3 is 23.4 Å². The molecule has 10 nitrogen and oxygen atoms in total. The molecule has 0 aliphatic heterocycles. The van der Waals surface area contributed by atoms with Crippen molar-refractivity contribution >= 4 is 28.3 Å². The van der Waals surface area contributed by atoms with Gasteiger partial charge in [0.1, 0.15) is 16.1 Å². The Hall–Kier alpha value is -4.64. The molecule has 38 heavy (non-hydrogen) atoms. The molecule has 0 aliphatic rings. The monoisotopic (exact) mass is 533 g/mol. The lowest BCUT2D eigenvalue weighted by atomic mass is 10.1. The van der Waals surface area contributed by atoms with Crippen molar-refractivity contribution in [3.8, 4) is 40.0 Å². The smallest absolute Gasteiger partial charge is 0.338 e. The number of benzene rings is 2. The molecule has 3 heterocycles. The van der Waals surface area contributed by atoms with Gasteiger partial charge in [0.2, 0.25) is 10.7 Å². The number of nitrogens with zero attached hydrogens (tertiary/aromatic N) is 3. The zero-order valence-corrected chi connectivity index (χ0v) is 21.8. The van der Waals surface area contributed by atoms with E-state index in [9.17, 15) is 9.59 Å². The zero-order chi connectivity index (χ0) is 26.8. The van der Waals surface area contributed by atoms with Crippen LogP contribution in [0.2, 0.25) is 0 Å². The highest BCUT2D eigenvalue weighted by atomic mass is 32.1. The summed E-state index contributed by atoms with van der Waals surface area (Å²) in [4.78, 5) is 29.9. The number of aromatic nitrogens is 3. The Morgan fingerprint density at radius 3 is 2.32 bits per heavy atom. The average Bonchev–Trinajstić information content (AvgIpc) is 3.65. The Labute approximate surface area is 220 Å². The molecule has 0 fully saturated rings. The van der Waals surface area contributed by atoms with Gasteiger partial charge in [0.25, 0.3) is 5.56 Å². The Kier molecular flexibility index (Phi) is 6.84. The fraction of sp³-hybridized carbons (Fsp3) is 0.185. The zero-order valence-electron chi connectivity index (χ0n) is 21.0. The van der Waals surface area contributed by atoms with Crippen LogP contribution in [0.15, 0.2) is 57.7 Å². The van der Waals surface area contributed by atoms with Crippen molar-refractivity contribution in [1.29, 1.82) is 0 Å². The lowest BCUT2D eigenvalue weighted by molar-refractivity contribution is 0.0526. The first-order valence-electron chi connectivity index (χ1n) is 11.5. The predicted octanol–water partition coefficient (Wildman–Crippen LogP) is 3.83. The Morgan fingerprint density at radius 1 is 1.00 bits per heavy atom.